The van der Waals surface area contributed by atoms with E-state index in [1.165, 1.54) is 0 Å². The molecule has 4 nitrogen and oxygen atoms in total. The number of carbonyl (C=O) groups is 1. The van der Waals surface area contributed by atoms with Crippen LogP contribution in [-0.2, 0) is 16.1 Å². The van der Waals surface area contributed by atoms with Gasteiger partial charge < -0.3 is 9.47 Å². The molecule has 0 fully saturated rings. The topological polar surface area (TPSA) is 59.3 Å². The Labute approximate surface area is 148 Å². The quantitative estimate of drug-likeness (QED) is 0.672. The maximum absolute atomic E-state index is 11.7. The molecule has 0 aliphatic carbocycles. The van der Waals surface area contributed by atoms with Gasteiger partial charge in [0.05, 0.1) is 12.7 Å². The molecule has 2 aromatic carbocycles. The summed E-state index contributed by atoms with van der Waals surface area (Å²) in [4.78, 5) is 11.7. The first kappa shape index (κ1) is 18.3. The zero-order chi connectivity index (χ0) is 18.1. The second kappa shape index (κ2) is 9.29. The van der Waals surface area contributed by atoms with Crippen molar-refractivity contribution in [1.29, 1.82) is 5.26 Å². The molecule has 0 heterocycles. The van der Waals surface area contributed by atoms with Gasteiger partial charge in [-0.3, -0.25) is 4.79 Å². The Balaban J connectivity index is 1.93. The van der Waals surface area contributed by atoms with Gasteiger partial charge in [-0.1, -0.05) is 49.0 Å². The molecule has 0 spiro atoms. The highest BCUT2D eigenvalue weighted by molar-refractivity contribution is 5.78. The van der Waals surface area contributed by atoms with Crippen LogP contribution in [0.3, 0.4) is 0 Å². The summed E-state index contributed by atoms with van der Waals surface area (Å²) in [6.07, 6.45) is 0.250. The van der Waals surface area contributed by atoms with Crippen LogP contribution in [0.25, 0.3) is 5.57 Å². The van der Waals surface area contributed by atoms with Crippen molar-refractivity contribution < 1.29 is 14.3 Å². The Kier molecular flexibility index (Phi) is 6.79. The van der Waals surface area contributed by atoms with Crippen molar-refractivity contribution in [3.63, 3.8) is 0 Å². The Morgan fingerprint density at radius 2 is 1.84 bits per heavy atom. The van der Waals surface area contributed by atoms with Crippen molar-refractivity contribution >= 4 is 11.5 Å². The molecule has 0 N–H and O–H groups in total. The highest BCUT2D eigenvalue weighted by atomic mass is 16.5. The fraction of sp³-hybridized carbons (Fsp3) is 0.238. The predicted molar refractivity (Wildman–Crippen MR) is 96.6 cm³/mol. The van der Waals surface area contributed by atoms with Crippen molar-refractivity contribution in [3.05, 3.63) is 72.3 Å². The molecule has 0 saturated carbocycles. The SMILES string of the molecule is C=C(CC(C#N)C(=O)OCC)c1ccc(OCc2ccccc2)cc1. The van der Waals surface area contributed by atoms with Crippen LogP contribution in [0.5, 0.6) is 5.75 Å². The van der Waals surface area contributed by atoms with Crippen LogP contribution in [-0.4, -0.2) is 12.6 Å². The molecule has 1 unspecified atom stereocenters. The lowest BCUT2D eigenvalue weighted by molar-refractivity contribution is -0.145. The average Bonchev–Trinajstić information content (AvgIpc) is 2.65. The van der Waals surface area contributed by atoms with Crippen LogP contribution in [0.15, 0.2) is 61.2 Å². The standard InChI is InChI=1S/C21H21NO3/c1-3-24-21(23)19(14-22)13-16(2)18-9-11-20(12-10-18)25-15-17-7-5-4-6-8-17/h4-12,19H,2-3,13,15H2,1H3. The van der Waals surface area contributed by atoms with Gasteiger partial charge in [0.25, 0.3) is 0 Å². The van der Waals surface area contributed by atoms with Crippen molar-refractivity contribution in [2.75, 3.05) is 6.61 Å². The summed E-state index contributed by atoms with van der Waals surface area (Å²) in [6, 6.07) is 19.4. The first-order chi connectivity index (χ1) is 12.1. The highest BCUT2D eigenvalue weighted by Gasteiger charge is 2.20. The summed E-state index contributed by atoms with van der Waals surface area (Å²) in [5.41, 5.74) is 2.69. The van der Waals surface area contributed by atoms with E-state index in [0.29, 0.717) is 12.2 Å². The van der Waals surface area contributed by atoms with Crippen LogP contribution in [0.1, 0.15) is 24.5 Å². The maximum Gasteiger partial charge on any atom is 0.323 e. The molecule has 25 heavy (non-hydrogen) atoms. The van der Waals surface area contributed by atoms with Gasteiger partial charge in [-0.2, -0.15) is 5.26 Å². The molecule has 128 valence electrons. The summed E-state index contributed by atoms with van der Waals surface area (Å²) in [6.45, 7) is 6.46. The van der Waals surface area contributed by atoms with Gasteiger partial charge in [0, 0.05) is 0 Å². The van der Waals surface area contributed by atoms with E-state index in [1.54, 1.807) is 6.92 Å². The number of hydrogen-bond donors (Lipinski definition) is 0. The third-order valence-corrected chi connectivity index (χ3v) is 3.69. The molecule has 4 heteroatoms. The summed E-state index contributed by atoms with van der Waals surface area (Å²) in [5, 5.41) is 9.13. The van der Waals surface area contributed by atoms with Gasteiger partial charge in [-0.15, -0.1) is 0 Å². The van der Waals surface area contributed by atoms with Gasteiger partial charge >= 0.3 is 5.97 Å². The fourth-order valence-corrected chi connectivity index (χ4v) is 2.32. The molecule has 0 aromatic heterocycles. The maximum atomic E-state index is 11.7. The van der Waals surface area contributed by atoms with E-state index in [2.05, 4.69) is 6.58 Å². The lowest BCUT2D eigenvalue weighted by Crippen LogP contribution is -2.16. The second-order valence-electron chi connectivity index (χ2n) is 5.54. The number of nitrogens with zero attached hydrogens (tertiary/aromatic N) is 1. The van der Waals surface area contributed by atoms with Gasteiger partial charge in [0.1, 0.15) is 18.3 Å². The molecular formula is C21H21NO3. The number of allylic oxidation sites excluding steroid dienone is 1. The Morgan fingerprint density at radius 1 is 1.16 bits per heavy atom. The van der Waals surface area contributed by atoms with Crippen LogP contribution >= 0.6 is 0 Å². The molecule has 0 aliphatic rings. The predicted octanol–water partition coefficient (Wildman–Crippen LogP) is 4.37. The summed E-state index contributed by atoms with van der Waals surface area (Å²) >= 11 is 0. The van der Waals surface area contributed by atoms with Crippen molar-refractivity contribution in [2.24, 2.45) is 5.92 Å². The number of hydrogen-bond acceptors (Lipinski definition) is 4. The first-order valence-corrected chi connectivity index (χ1v) is 8.15. The van der Waals surface area contributed by atoms with E-state index in [-0.39, 0.29) is 13.0 Å². The second-order valence-corrected chi connectivity index (χ2v) is 5.54. The number of carbonyl (C=O) groups excluding carboxylic acids is 1. The van der Waals surface area contributed by atoms with Crippen LogP contribution in [0.4, 0.5) is 0 Å². The lowest BCUT2D eigenvalue weighted by atomic mass is 9.96. The van der Waals surface area contributed by atoms with Crippen molar-refractivity contribution in [1.82, 2.24) is 0 Å². The number of ether oxygens (including phenoxy) is 2. The first-order valence-electron chi connectivity index (χ1n) is 8.15. The number of rotatable bonds is 8. The normalized spacial score (nSPS) is 11.2. The van der Waals surface area contributed by atoms with Gasteiger partial charge in [-0.25, -0.2) is 0 Å². The van der Waals surface area contributed by atoms with Gasteiger partial charge in [0.2, 0.25) is 0 Å². The zero-order valence-corrected chi connectivity index (χ0v) is 14.3. The minimum atomic E-state index is -0.832. The molecule has 1 atom stereocenters. The zero-order valence-electron chi connectivity index (χ0n) is 14.3. The third kappa shape index (κ3) is 5.50. The summed E-state index contributed by atoms with van der Waals surface area (Å²) in [5.74, 6) is -0.585. The molecule has 0 amide bonds. The van der Waals surface area contributed by atoms with Gasteiger partial charge in [-0.05, 0) is 42.2 Å². The molecule has 2 rings (SSSR count). The monoisotopic (exact) mass is 335 g/mol. The lowest BCUT2D eigenvalue weighted by Gasteiger charge is -2.12. The van der Waals surface area contributed by atoms with Gasteiger partial charge in [0.15, 0.2) is 0 Å². The van der Waals surface area contributed by atoms with E-state index in [9.17, 15) is 4.79 Å². The molecular weight excluding hydrogens is 314 g/mol. The Bertz CT molecular complexity index is 745. The van der Waals surface area contributed by atoms with Crippen molar-refractivity contribution in [3.8, 4) is 11.8 Å². The number of esters is 1. The van der Waals surface area contributed by atoms with Crippen LogP contribution in [0, 0.1) is 17.2 Å². The largest absolute Gasteiger partial charge is 0.489 e. The van der Waals surface area contributed by atoms with E-state index in [0.717, 1.165) is 16.9 Å². The minimum absolute atomic E-state index is 0.250. The minimum Gasteiger partial charge on any atom is -0.489 e. The van der Waals surface area contributed by atoms with Crippen LogP contribution < -0.4 is 4.74 Å². The number of nitriles is 1. The molecule has 0 radical (unpaired) electrons. The molecule has 0 bridgehead atoms. The smallest absolute Gasteiger partial charge is 0.323 e. The van der Waals surface area contributed by atoms with E-state index >= 15 is 0 Å². The van der Waals surface area contributed by atoms with Crippen LogP contribution in [0.2, 0.25) is 0 Å². The van der Waals surface area contributed by atoms with E-state index in [4.69, 9.17) is 14.7 Å². The van der Waals surface area contributed by atoms with Crippen molar-refractivity contribution in [2.45, 2.75) is 20.0 Å². The van der Waals surface area contributed by atoms with E-state index in [1.807, 2.05) is 60.7 Å². The average molecular weight is 335 g/mol. The summed E-state index contributed by atoms with van der Waals surface area (Å²) < 4.78 is 10.6. The number of benzene rings is 2. The highest BCUT2D eigenvalue weighted by Crippen LogP contribution is 2.24. The molecule has 0 aliphatic heterocycles. The molecule has 2 aromatic rings. The Morgan fingerprint density at radius 3 is 2.44 bits per heavy atom. The third-order valence-electron chi connectivity index (χ3n) is 3.69. The van der Waals surface area contributed by atoms with E-state index < -0.39 is 11.9 Å². The summed E-state index contributed by atoms with van der Waals surface area (Å²) in [7, 11) is 0. The molecule has 0 saturated heterocycles. The fourth-order valence-electron chi connectivity index (χ4n) is 2.32. The Hall–Kier alpha value is -3.06.